The Bertz CT molecular complexity index is 459. The molecule has 1 aromatic rings. The molecule has 0 saturated heterocycles. The molecular weight excluding hydrogens is 280 g/mol. The van der Waals surface area contributed by atoms with Crippen molar-refractivity contribution in [3.63, 3.8) is 0 Å². The minimum Gasteiger partial charge on any atom is -0.371 e. The summed E-state index contributed by atoms with van der Waals surface area (Å²) in [6.45, 7) is 11.9. The van der Waals surface area contributed by atoms with E-state index in [1.165, 1.54) is 28.4 Å². The molecule has 1 aromatic heterocycles. The first-order chi connectivity index (χ1) is 9.85. The van der Waals surface area contributed by atoms with Crippen molar-refractivity contribution in [1.82, 2.24) is 10.3 Å². The highest BCUT2D eigenvalue weighted by Crippen LogP contribution is 2.45. The molecule has 4 heteroatoms. The highest BCUT2D eigenvalue weighted by molar-refractivity contribution is 7.11. The highest BCUT2D eigenvalue weighted by Gasteiger charge is 2.36. The van der Waals surface area contributed by atoms with Gasteiger partial charge in [-0.25, -0.2) is 4.98 Å². The number of ether oxygens (including phenoxy) is 1. The summed E-state index contributed by atoms with van der Waals surface area (Å²) in [5.74, 6) is 0.690. The van der Waals surface area contributed by atoms with E-state index in [-0.39, 0.29) is 11.1 Å². The summed E-state index contributed by atoms with van der Waals surface area (Å²) in [5, 5.41) is 4.78. The molecule has 1 N–H and O–H groups in total. The zero-order chi connectivity index (χ0) is 15.7. The van der Waals surface area contributed by atoms with Crippen LogP contribution in [0.5, 0.6) is 0 Å². The normalized spacial score (nSPS) is 16.5. The maximum atomic E-state index is 5.86. The number of rotatable bonds is 7. The Morgan fingerprint density at radius 2 is 1.86 bits per heavy atom. The molecule has 1 heterocycles. The molecule has 1 aliphatic rings. The van der Waals surface area contributed by atoms with Gasteiger partial charge in [0.1, 0.15) is 10.6 Å². The number of aromatic nitrogens is 1. The smallest absolute Gasteiger partial charge is 0.125 e. The predicted molar refractivity (Wildman–Crippen MR) is 90.0 cm³/mol. The van der Waals surface area contributed by atoms with Gasteiger partial charge < -0.3 is 10.1 Å². The second-order valence-corrected chi connectivity index (χ2v) is 8.19. The third kappa shape index (κ3) is 3.85. The third-order valence-electron chi connectivity index (χ3n) is 4.39. The molecule has 1 saturated carbocycles. The van der Waals surface area contributed by atoms with Gasteiger partial charge in [0, 0.05) is 30.0 Å². The topological polar surface area (TPSA) is 34.1 Å². The monoisotopic (exact) mass is 310 g/mol. The van der Waals surface area contributed by atoms with E-state index < -0.39 is 0 Å². The summed E-state index contributed by atoms with van der Waals surface area (Å²) >= 11 is 1.85. The number of nitrogens with one attached hydrogen (secondary N) is 1. The van der Waals surface area contributed by atoms with Gasteiger partial charge in [0.2, 0.25) is 0 Å². The summed E-state index contributed by atoms with van der Waals surface area (Å²) in [5.41, 5.74) is 1.27. The summed E-state index contributed by atoms with van der Waals surface area (Å²) < 4.78 is 5.86. The number of nitrogens with zero attached hydrogens (tertiary/aromatic N) is 1. The van der Waals surface area contributed by atoms with E-state index in [4.69, 9.17) is 9.72 Å². The largest absolute Gasteiger partial charge is 0.371 e. The average Bonchev–Trinajstić information content (AvgIpc) is 3.19. The van der Waals surface area contributed by atoms with Gasteiger partial charge in [0.05, 0.1) is 5.69 Å². The van der Waals surface area contributed by atoms with Crippen LogP contribution in [0.2, 0.25) is 0 Å². The van der Waals surface area contributed by atoms with Crippen LogP contribution in [0, 0.1) is 0 Å². The molecule has 0 aliphatic heterocycles. The quantitative estimate of drug-likeness (QED) is 0.801. The second kappa shape index (κ2) is 6.35. The van der Waals surface area contributed by atoms with Crippen LogP contribution in [0.15, 0.2) is 0 Å². The molecule has 2 rings (SSSR count). The SMILES string of the molecule is CCC(CC)(OC)c1nc(C2CC2)c(CNC(C)(C)C)s1. The van der Waals surface area contributed by atoms with Crippen LogP contribution in [-0.4, -0.2) is 17.6 Å². The Kier molecular flexibility index (Phi) is 5.11. The first kappa shape index (κ1) is 16.9. The molecule has 0 radical (unpaired) electrons. The second-order valence-electron chi connectivity index (χ2n) is 7.11. The lowest BCUT2D eigenvalue weighted by atomic mass is 9.98. The van der Waals surface area contributed by atoms with E-state index in [0.29, 0.717) is 5.92 Å². The fourth-order valence-corrected chi connectivity index (χ4v) is 4.03. The van der Waals surface area contributed by atoms with Crippen LogP contribution in [0.4, 0.5) is 0 Å². The van der Waals surface area contributed by atoms with Crippen molar-refractivity contribution in [2.75, 3.05) is 7.11 Å². The maximum absolute atomic E-state index is 5.86. The lowest BCUT2D eigenvalue weighted by molar-refractivity contribution is -0.0219. The number of thiazole rings is 1. The molecule has 1 aliphatic carbocycles. The maximum Gasteiger partial charge on any atom is 0.125 e. The molecule has 0 aromatic carbocycles. The molecule has 0 amide bonds. The van der Waals surface area contributed by atoms with Gasteiger partial charge in [0.25, 0.3) is 0 Å². The Morgan fingerprint density at radius 3 is 2.29 bits per heavy atom. The summed E-state index contributed by atoms with van der Waals surface area (Å²) in [7, 11) is 1.82. The number of hydrogen-bond donors (Lipinski definition) is 1. The summed E-state index contributed by atoms with van der Waals surface area (Å²) in [4.78, 5) is 6.42. The number of hydrogen-bond acceptors (Lipinski definition) is 4. The van der Waals surface area contributed by atoms with Gasteiger partial charge in [0.15, 0.2) is 0 Å². The fraction of sp³-hybridized carbons (Fsp3) is 0.824. The molecule has 120 valence electrons. The first-order valence-electron chi connectivity index (χ1n) is 8.15. The van der Waals surface area contributed by atoms with Crippen molar-refractivity contribution in [2.24, 2.45) is 0 Å². The minimum atomic E-state index is -0.200. The van der Waals surface area contributed by atoms with E-state index >= 15 is 0 Å². The fourth-order valence-electron chi connectivity index (χ4n) is 2.63. The van der Waals surface area contributed by atoms with E-state index in [2.05, 4.69) is 39.9 Å². The van der Waals surface area contributed by atoms with Crippen molar-refractivity contribution in [3.05, 3.63) is 15.6 Å². The molecule has 0 spiro atoms. The van der Waals surface area contributed by atoms with Gasteiger partial charge in [-0.1, -0.05) is 13.8 Å². The van der Waals surface area contributed by atoms with E-state index in [1.807, 2.05) is 18.4 Å². The molecule has 0 unspecified atom stereocenters. The number of methoxy groups -OCH3 is 1. The van der Waals surface area contributed by atoms with Crippen molar-refractivity contribution in [1.29, 1.82) is 0 Å². The average molecular weight is 311 g/mol. The Labute approximate surface area is 133 Å². The summed E-state index contributed by atoms with van der Waals surface area (Å²) in [6, 6.07) is 0. The minimum absolute atomic E-state index is 0.138. The first-order valence-corrected chi connectivity index (χ1v) is 8.97. The van der Waals surface area contributed by atoms with Gasteiger partial charge in [-0.15, -0.1) is 11.3 Å². The van der Waals surface area contributed by atoms with Crippen molar-refractivity contribution in [2.45, 2.75) is 83.9 Å². The van der Waals surface area contributed by atoms with Gasteiger partial charge in [-0.3, -0.25) is 0 Å². The zero-order valence-electron chi connectivity index (χ0n) is 14.4. The molecular formula is C17H30N2OS. The van der Waals surface area contributed by atoms with E-state index in [9.17, 15) is 0 Å². The zero-order valence-corrected chi connectivity index (χ0v) is 15.2. The third-order valence-corrected chi connectivity index (χ3v) is 5.65. The molecule has 21 heavy (non-hydrogen) atoms. The van der Waals surface area contributed by atoms with Crippen LogP contribution in [0.3, 0.4) is 0 Å². The van der Waals surface area contributed by atoms with Crippen molar-refractivity contribution < 1.29 is 4.74 Å². The van der Waals surface area contributed by atoms with Crippen LogP contribution in [-0.2, 0) is 16.9 Å². The van der Waals surface area contributed by atoms with E-state index in [0.717, 1.165) is 19.4 Å². The van der Waals surface area contributed by atoms with Gasteiger partial charge >= 0.3 is 0 Å². The lowest BCUT2D eigenvalue weighted by Gasteiger charge is -2.27. The van der Waals surface area contributed by atoms with Crippen LogP contribution < -0.4 is 5.32 Å². The van der Waals surface area contributed by atoms with Crippen molar-refractivity contribution in [3.8, 4) is 0 Å². The summed E-state index contributed by atoms with van der Waals surface area (Å²) in [6.07, 6.45) is 4.54. The van der Waals surface area contributed by atoms with E-state index in [1.54, 1.807) is 0 Å². The highest BCUT2D eigenvalue weighted by atomic mass is 32.1. The van der Waals surface area contributed by atoms with Crippen molar-refractivity contribution >= 4 is 11.3 Å². The molecule has 1 fully saturated rings. The molecule has 0 bridgehead atoms. The lowest BCUT2D eigenvalue weighted by Crippen LogP contribution is -2.35. The Morgan fingerprint density at radius 1 is 1.24 bits per heavy atom. The Hall–Kier alpha value is -0.450. The standard InChI is InChI=1S/C17H30N2OS/c1-7-17(8-2,20-6)15-19-14(12-9-10-12)13(21-15)11-18-16(3,4)5/h12,18H,7-11H2,1-6H3. The Balaban J connectivity index is 2.28. The van der Waals surface area contributed by atoms with Crippen LogP contribution in [0.25, 0.3) is 0 Å². The van der Waals surface area contributed by atoms with Gasteiger partial charge in [-0.05, 0) is 46.5 Å². The van der Waals surface area contributed by atoms with Gasteiger partial charge in [-0.2, -0.15) is 0 Å². The molecule has 3 nitrogen and oxygen atoms in total. The van der Waals surface area contributed by atoms with Crippen LogP contribution in [0.1, 0.15) is 81.8 Å². The predicted octanol–water partition coefficient (Wildman–Crippen LogP) is 4.57. The van der Waals surface area contributed by atoms with Crippen LogP contribution >= 0.6 is 11.3 Å². The molecule has 0 atom stereocenters.